The lowest BCUT2D eigenvalue weighted by Crippen LogP contribution is -2.44. The molecule has 0 radical (unpaired) electrons. The summed E-state index contributed by atoms with van der Waals surface area (Å²) in [7, 11) is 0. The monoisotopic (exact) mass is 389 g/mol. The smallest absolute Gasteiger partial charge is 0.274 e. The molecule has 2 atom stereocenters. The van der Waals surface area contributed by atoms with E-state index in [2.05, 4.69) is 44.2 Å². The Balaban J connectivity index is 1.48. The van der Waals surface area contributed by atoms with E-state index in [9.17, 15) is 4.79 Å². The van der Waals surface area contributed by atoms with Crippen LogP contribution in [0.1, 0.15) is 41.9 Å². The average Bonchev–Trinajstić information content (AvgIpc) is 2.81. The highest BCUT2D eigenvalue weighted by Crippen LogP contribution is 2.32. The second-order valence-electron chi connectivity index (χ2n) is 6.97. The Morgan fingerprint density at radius 3 is 2.55 bits per heavy atom. The van der Waals surface area contributed by atoms with Gasteiger partial charge in [0.15, 0.2) is 0 Å². The van der Waals surface area contributed by atoms with Gasteiger partial charge in [-0.3, -0.25) is 9.78 Å². The maximum absolute atomic E-state index is 12.9. The minimum Gasteiger partial charge on any atom is -0.373 e. The minimum atomic E-state index is -0.0781. The van der Waals surface area contributed by atoms with E-state index in [4.69, 9.17) is 4.74 Å². The lowest BCUT2D eigenvalue weighted by atomic mass is 9.95. The predicted octanol–water partition coefficient (Wildman–Crippen LogP) is 3.32. The first-order valence-electron chi connectivity index (χ1n) is 9.80. The molecule has 0 spiro atoms. The Hall–Kier alpha value is -3.19. The number of hydrogen-bond donors (Lipinski definition) is 0. The number of nitrogens with zero attached hydrogens (tertiary/aromatic N) is 5. The Morgan fingerprint density at radius 1 is 1.07 bits per heavy atom. The molecular weight excluding hydrogens is 366 g/mol. The largest absolute Gasteiger partial charge is 0.373 e. The van der Waals surface area contributed by atoms with Crippen molar-refractivity contribution < 1.29 is 9.53 Å². The number of benzene rings is 1. The van der Waals surface area contributed by atoms with Crippen molar-refractivity contribution in [1.29, 1.82) is 0 Å². The van der Waals surface area contributed by atoms with Crippen molar-refractivity contribution in [1.82, 2.24) is 24.8 Å². The summed E-state index contributed by atoms with van der Waals surface area (Å²) >= 11 is 0. The molecule has 3 aromatic rings. The van der Waals surface area contributed by atoms with Crippen LogP contribution in [0.25, 0.3) is 11.1 Å². The highest BCUT2D eigenvalue weighted by Gasteiger charge is 2.31. The average molecular weight is 389 g/mol. The molecule has 29 heavy (non-hydrogen) atoms. The zero-order chi connectivity index (χ0) is 20.1. The van der Waals surface area contributed by atoms with Crippen molar-refractivity contribution in [2.45, 2.75) is 31.9 Å². The number of carbonyl (C=O) groups is 1. The zero-order valence-electron chi connectivity index (χ0n) is 16.3. The third-order valence-electron chi connectivity index (χ3n) is 5.26. The number of amides is 1. The molecule has 1 saturated heterocycles. The van der Waals surface area contributed by atoms with Crippen LogP contribution < -0.4 is 0 Å². The van der Waals surface area contributed by atoms with Crippen LogP contribution >= 0.6 is 0 Å². The van der Waals surface area contributed by atoms with Gasteiger partial charge >= 0.3 is 0 Å². The first-order valence-corrected chi connectivity index (χ1v) is 9.80. The lowest BCUT2D eigenvalue weighted by Gasteiger charge is -2.37. The molecule has 7 heteroatoms. The van der Waals surface area contributed by atoms with E-state index in [1.54, 1.807) is 24.8 Å². The summed E-state index contributed by atoms with van der Waals surface area (Å²) in [5.41, 5.74) is 3.54. The fourth-order valence-corrected chi connectivity index (χ4v) is 3.76. The van der Waals surface area contributed by atoms with E-state index in [1.807, 2.05) is 11.8 Å². The zero-order valence-corrected chi connectivity index (χ0v) is 16.3. The van der Waals surface area contributed by atoms with Gasteiger partial charge in [0.25, 0.3) is 5.91 Å². The predicted molar refractivity (Wildman–Crippen MR) is 108 cm³/mol. The van der Waals surface area contributed by atoms with Gasteiger partial charge in [-0.1, -0.05) is 24.3 Å². The highest BCUT2D eigenvalue weighted by atomic mass is 16.5. The molecule has 4 rings (SSSR count). The van der Waals surface area contributed by atoms with Crippen LogP contribution in [0.15, 0.2) is 61.6 Å². The number of aromatic nitrogens is 4. The molecule has 1 fully saturated rings. The van der Waals surface area contributed by atoms with E-state index in [-0.39, 0.29) is 18.1 Å². The van der Waals surface area contributed by atoms with Gasteiger partial charge in [-0.05, 0) is 30.9 Å². The number of hydrogen-bond acceptors (Lipinski definition) is 6. The molecule has 7 nitrogen and oxygen atoms in total. The van der Waals surface area contributed by atoms with E-state index >= 15 is 0 Å². The molecule has 1 amide bonds. The van der Waals surface area contributed by atoms with Gasteiger partial charge in [0, 0.05) is 49.5 Å². The summed E-state index contributed by atoms with van der Waals surface area (Å²) in [6.45, 7) is 3.24. The molecule has 1 aliphatic heterocycles. The third-order valence-corrected chi connectivity index (χ3v) is 5.26. The topological polar surface area (TPSA) is 81.1 Å². The molecule has 2 aromatic heterocycles. The fourth-order valence-electron chi connectivity index (χ4n) is 3.76. The van der Waals surface area contributed by atoms with Gasteiger partial charge in [-0.2, -0.15) is 0 Å². The molecule has 0 unspecified atom stereocenters. The summed E-state index contributed by atoms with van der Waals surface area (Å²) in [6, 6.07) is 8.38. The molecule has 148 valence electrons. The van der Waals surface area contributed by atoms with Gasteiger partial charge in [0.1, 0.15) is 12.0 Å². The maximum Gasteiger partial charge on any atom is 0.274 e. The number of rotatable bonds is 5. The Morgan fingerprint density at radius 2 is 1.86 bits per heavy atom. The summed E-state index contributed by atoms with van der Waals surface area (Å²) in [6.07, 6.45) is 11.3. The van der Waals surface area contributed by atoms with E-state index < -0.39 is 0 Å². The van der Waals surface area contributed by atoms with Crippen LogP contribution in [-0.4, -0.2) is 49.9 Å². The Bertz CT molecular complexity index is 934. The molecule has 3 heterocycles. The second-order valence-corrected chi connectivity index (χ2v) is 6.97. The summed E-state index contributed by atoms with van der Waals surface area (Å²) < 4.78 is 6.03. The third kappa shape index (κ3) is 4.30. The van der Waals surface area contributed by atoms with Crippen LogP contribution in [-0.2, 0) is 4.74 Å². The van der Waals surface area contributed by atoms with E-state index in [1.165, 1.54) is 12.5 Å². The van der Waals surface area contributed by atoms with E-state index in [0.29, 0.717) is 18.8 Å². The lowest BCUT2D eigenvalue weighted by molar-refractivity contribution is -0.0232. The molecule has 1 aliphatic rings. The fraction of sp³-hybridized carbons (Fsp3) is 0.318. The SMILES string of the molecule is CCN(C(=O)c1cnccn1)[C@H]1CCO[C@@H](c2ccc(-c3cncnc3)cc2)C1. The molecule has 0 aliphatic carbocycles. The van der Waals surface area contributed by atoms with Crippen LogP contribution in [0, 0.1) is 0 Å². The summed E-state index contributed by atoms with van der Waals surface area (Å²) in [4.78, 5) is 31.1. The van der Waals surface area contributed by atoms with Crippen LogP contribution in [0.5, 0.6) is 0 Å². The van der Waals surface area contributed by atoms with Gasteiger partial charge in [0.05, 0.1) is 12.3 Å². The van der Waals surface area contributed by atoms with Crippen molar-refractivity contribution in [3.8, 4) is 11.1 Å². The summed E-state index contributed by atoms with van der Waals surface area (Å²) in [5.74, 6) is -0.0781. The quantitative estimate of drug-likeness (QED) is 0.666. The number of carbonyl (C=O) groups excluding carboxylic acids is 1. The normalized spacial score (nSPS) is 18.9. The molecule has 0 N–H and O–H groups in total. The minimum absolute atomic E-state index is 0.0430. The van der Waals surface area contributed by atoms with E-state index in [0.717, 1.165) is 29.5 Å². The number of ether oxygens (including phenoxy) is 1. The van der Waals surface area contributed by atoms with Gasteiger partial charge in [0.2, 0.25) is 0 Å². The van der Waals surface area contributed by atoms with Crippen molar-refractivity contribution in [3.05, 3.63) is 72.8 Å². The highest BCUT2D eigenvalue weighted by molar-refractivity contribution is 5.92. The van der Waals surface area contributed by atoms with Crippen molar-refractivity contribution in [2.24, 2.45) is 0 Å². The first-order chi connectivity index (χ1) is 14.3. The van der Waals surface area contributed by atoms with Crippen LogP contribution in [0.4, 0.5) is 0 Å². The van der Waals surface area contributed by atoms with Gasteiger partial charge in [-0.15, -0.1) is 0 Å². The Kier molecular flexibility index (Phi) is 5.86. The van der Waals surface area contributed by atoms with Crippen LogP contribution in [0.2, 0.25) is 0 Å². The van der Waals surface area contributed by atoms with Gasteiger partial charge in [-0.25, -0.2) is 15.0 Å². The van der Waals surface area contributed by atoms with Crippen molar-refractivity contribution in [3.63, 3.8) is 0 Å². The van der Waals surface area contributed by atoms with Crippen molar-refractivity contribution in [2.75, 3.05) is 13.2 Å². The molecule has 0 bridgehead atoms. The molecule has 0 saturated carbocycles. The summed E-state index contributed by atoms with van der Waals surface area (Å²) in [5, 5.41) is 0. The Labute approximate surface area is 169 Å². The van der Waals surface area contributed by atoms with Gasteiger partial charge < -0.3 is 9.64 Å². The molecular formula is C22H23N5O2. The molecule has 1 aromatic carbocycles. The standard InChI is InChI=1S/C22H23N5O2/c1-2-27(22(28)20-14-23-8-9-26-20)19-7-10-29-21(11-19)17-5-3-16(4-6-17)18-12-24-15-25-13-18/h3-6,8-9,12-15,19,21H,2,7,10-11H2,1H3/t19-,21+/m0/s1. The maximum atomic E-state index is 12.9. The van der Waals surface area contributed by atoms with Crippen molar-refractivity contribution >= 4 is 5.91 Å². The van der Waals surface area contributed by atoms with Crippen LogP contribution in [0.3, 0.4) is 0 Å². The second kappa shape index (κ2) is 8.87. The first kappa shape index (κ1) is 19.1.